The molecule has 0 bridgehead atoms. The zero-order valence-corrected chi connectivity index (χ0v) is 14.5. The molecular weight excluding hydrogens is 350 g/mol. The van der Waals surface area contributed by atoms with Crippen LogP contribution in [0.25, 0.3) is 0 Å². The number of rotatable bonds is 4. The number of aromatic carboxylic acids is 1. The molecule has 0 fully saturated rings. The number of benzene rings is 2. The van der Waals surface area contributed by atoms with Crippen LogP contribution in [0.15, 0.2) is 35.2 Å². The molecule has 7 heteroatoms. The fourth-order valence-corrected chi connectivity index (χ4v) is 4.69. The maximum atomic E-state index is 12.8. The fraction of sp³-hybridized carbons (Fsp3) is 0.235. The zero-order chi connectivity index (χ0) is 17.5. The van der Waals surface area contributed by atoms with Crippen molar-refractivity contribution in [3.63, 3.8) is 0 Å². The summed E-state index contributed by atoms with van der Waals surface area (Å²) in [7, 11) is -3.93. The average Bonchev–Trinajstić information content (AvgIpc) is 2.97. The van der Waals surface area contributed by atoms with Crippen LogP contribution >= 0.6 is 11.6 Å². The van der Waals surface area contributed by atoms with Crippen LogP contribution in [-0.4, -0.2) is 19.5 Å². The molecule has 126 valence electrons. The lowest BCUT2D eigenvalue weighted by atomic mass is 10.1. The van der Waals surface area contributed by atoms with Crippen LogP contribution in [-0.2, 0) is 22.9 Å². The summed E-state index contributed by atoms with van der Waals surface area (Å²) in [5.41, 5.74) is 2.64. The van der Waals surface area contributed by atoms with Gasteiger partial charge in [-0.25, -0.2) is 13.2 Å². The first-order valence-electron chi connectivity index (χ1n) is 7.46. The van der Waals surface area contributed by atoms with Gasteiger partial charge in [-0.05, 0) is 67.1 Å². The van der Waals surface area contributed by atoms with Crippen LogP contribution < -0.4 is 4.72 Å². The van der Waals surface area contributed by atoms with E-state index in [4.69, 9.17) is 11.6 Å². The third-order valence-corrected chi connectivity index (χ3v) is 5.82. The Morgan fingerprint density at radius 2 is 1.96 bits per heavy atom. The number of carboxylic acids is 1. The predicted octanol–water partition coefficient (Wildman–Crippen LogP) is 3.64. The molecule has 3 rings (SSSR count). The molecule has 24 heavy (non-hydrogen) atoms. The van der Waals surface area contributed by atoms with E-state index in [1.807, 2.05) is 6.92 Å². The zero-order valence-electron chi connectivity index (χ0n) is 13.0. The van der Waals surface area contributed by atoms with E-state index in [0.29, 0.717) is 23.4 Å². The van der Waals surface area contributed by atoms with Crippen LogP contribution in [0, 0.1) is 6.92 Å². The van der Waals surface area contributed by atoms with Crippen molar-refractivity contribution in [2.75, 3.05) is 4.72 Å². The summed E-state index contributed by atoms with van der Waals surface area (Å²) in [6.45, 7) is 1.85. The second-order valence-corrected chi connectivity index (χ2v) is 7.92. The molecular formula is C17H16ClNO4S. The lowest BCUT2D eigenvalue weighted by Crippen LogP contribution is -2.16. The summed E-state index contributed by atoms with van der Waals surface area (Å²) in [4.78, 5) is 11.3. The normalized spacial score (nSPS) is 13.6. The second-order valence-electron chi connectivity index (χ2n) is 5.86. The number of hydrogen-bond donors (Lipinski definition) is 2. The Hall–Kier alpha value is -2.05. The highest BCUT2D eigenvalue weighted by Crippen LogP contribution is 2.32. The van der Waals surface area contributed by atoms with E-state index in [9.17, 15) is 18.3 Å². The summed E-state index contributed by atoms with van der Waals surface area (Å²) < 4.78 is 28.1. The largest absolute Gasteiger partial charge is 0.478 e. The maximum Gasteiger partial charge on any atom is 0.335 e. The van der Waals surface area contributed by atoms with Gasteiger partial charge in [-0.15, -0.1) is 0 Å². The molecule has 1 aliphatic carbocycles. The fourth-order valence-electron chi connectivity index (χ4n) is 2.93. The predicted molar refractivity (Wildman–Crippen MR) is 92.4 cm³/mol. The molecule has 1 aliphatic rings. The Kier molecular flexibility index (Phi) is 4.27. The van der Waals surface area contributed by atoms with Crippen molar-refractivity contribution < 1.29 is 18.3 Å². The molecule has 0 aliphatic heterocycles. The van der Waals surface area contributed by atoms with E-state index in [1.54, 1.807) is 24.3 Å². The molecule has 2 aromatic rings. The van der Waals surface area contributed by atoms with E-state index in [2.05, 4.69) is 4.72 Å². The van der Waals surface area contributed by atoms with E-state index in [0.717, 1.165) is 17.5 Å². The molecule has 2 aromatic carbocycles. The van der Waals surface area contributed by atoms with Crippen LogP contribution in [0.5, 0.6) is 0 Å². The summed E-state index contributed by atoms with van der Waals surface area (Å²) in [6.07, 6.45) is 2.11. The van der Waals surface area contributed by atoms with Gasteiger partial charge in [0, 0.05) is 0 Å². The number of carboxylic acid groups (broad SMARTS) is 1. The first-order chi connectivity index (χ1) is 11.3. The van der Waals surface area contributed by atoms with Crippen molar-refractivity contribution in [1.29, 1.82) is 0 Å². The van der Waals surface area contributed by atoms with Crippen LogP contribution in [0.4, 0.5) is 5.69 Å². The number of sulfonamides is 1. The Labute approximate surface area is 145 Å². The first kappa shape index (κ1) is 16.8. The minimum atomic E-state index is -3.93. The third kappa shape index (κ3) is 3.12. The van der Waals surface area contributed by atoms with Gasteiger partial charge in [-0.2, -0.15) is 0 Å². The second kappa shape index (κ2) is 6.11. The van der Waals surface area contributed by atoms with Crippen molar-refractivity contribution in [1.82, 2.24) is 0 Å². The van der Waals surface area contributed by atoms with Crippen LogP contribution in [0.2, 0.25) is 5.02 Å². The summed E-state index contributed by atoms with van der Waals surface area (Å²) in [5.74, 6) is -1.14. The van der Waals surface area contributed by atoms with Crippen molar-refractivity contribution in [3.05, 3.63) is 57.6 Å². The number of carbonyl (C=O) groups is 1. The first-order valence-corrected chi connectivity index (χ1v) is 9.32. The minimum Gasteiger partial charge on any atom is -0.478 e. The van der Waals surface area contributed by atoms with E-state index in [-0.39, 0.29) is 16.1 Å². The molecule has 0 atom stereocenters. The topological polar surface area (TPSA) is 83.5 Å². The molecule has 0 aromatic heterocycles. The highest BCUT2D eigenvalue weighted by atomic mass is 35.5. The SMILES string of the molecule is Cc1ccc(NS(=O)(=O)c2cc(C(=O)O)cc3c2CCC3)c(Cl)c1. The molecule has 0 unspecified atom stereocenters. The monoisotopic (exact) mass is 365 g/mol. The minimum absolute atomic E-state index is 0.0199. The number of nitrogens with one attached hydrogen (secondary N) is 1. The van der Waals surface area contributed by atoms with Crippen LogP contribution in [0.1, 0.15) is 33.5 Å². The summed E-state index contributed by atoms with van der Waals surface area (Å²) in [5, 5.41) is 9.53. The van der Waals surface area contributed by atoms with E-state index in [1.165, 1.54) is 6.07 Å². The molecule has 0 heterocycles. The summed E-state index contributed by atoms with van der Waals surface area (Å²) >= 11 is 6.10. The van der Waals surface area contributed by atoms with Crippen molar-refractivity contribution in [3.8, 4) is 0 Å². The lowest BCUT2D eigenvalue weighted by molar-refractivity contribution is 0.0696. The molecule has 0 spiro atoms. The van der Waals surface area contributed by atoms with E-state index >= 15 is 0 Å². The van der Waals surface area contributed by atoms with Gasteiger partial charge in [0.2, 0.25) is 0 Å². The molecule has 2 N–H and O–H groups in total. The Balaban J connectivity index is 2.08. The lowest BCUT2D eigenvalue weighted by Gasteiger charge is -2.14. The highest BCUT2D eigenvalue weighted by molar-refractivity contribution is 7.92. The number of anilines is 1. The third-order valence-electron chi connectivity index (χ3n) is 4.08. The Morgan fingerprint density at radius 1 is 1.21 bits per heavy atom. The van der Waals surface area contributed by atoms with Crippen molar-refractivity contribution in [2.24, 2.45) is 0 Å². The Bertz CT molecular complexity index is 938. The van der Waals surface area contributed by atoms with Gasteiger partial charge in [0.15, 0.2) is 0 Å². The standard InChI is InChI=1S/C17H16ClNO4S/c1-10-5-6-15(14(18)7-10)19-24(22,23)16-9-12(17(20)21)8-11-3-2-4-13(11)16/h5-9,19H,2-4H2,1H3,(H,20,21). The van der Waals surface area contributed by atoms with Gasteiger partial charge >= 0.3 is 5.97 Å². The van der Waals surface area contributed by atoms with Gasteiger partial charge in [-0.3, -0.25) is 4.72 Å². The number of halogens is 1. The van der Waals surface area contributed by atoms with Gasteiger partial charge in [0.05, 0.1) is 21.2 Å². The molecule has 0 amide bonds. The number of fused-ring (bicyclic) bond motifs is 1. The van der Waals surface area contributed by atoms with E-state index < -0.39 is 16.0 Å². The van der Waals surface area contributed by atoms with Gasteiger partial charge in [0.1, 0.15) is 0 Å². The maximum absolute atomic E-state index is 12.8. The Morgan fingerprint density at radius 3 is 2.62 bits per heavy atom. The average molecular weight is 366 g/mol. The quantitative estimate of drug-likeness (QED) is 0.866. The summed E-state index contributed by atoms with van der Waals surface area (Å²) in [6, 6.07) is 7.79. The smallest absolute Gasteiger partial charge is 0.335 e. The number of hydrogen-bond acceptors (Lipinski definition) is 3. The molecule has 0 radical (unpaired) electrons. The van der Waals surface area contributed by atoms with Crippen LogP contribution in [0.3, 0.4) is 0 Å². The highest BCUT2D eigenvalue weighted by Gasteiger charge is 2.26. The van der Waals surface area contributed by atoms with Crippen molar-refractivity contribution in [2.45, 2.75) is 31.1 Å². The molecule has 5 nitrogen and oxygen atoms in total. The molecule has 0 saturated heterocycles. The number of aryl methyl sites for hydroxylation is 2. The van der Waals surface area contributed by atoms with Gasteiger partial charge < -0.3 is 5.11 Å². The molecule has 0 saturated carbocycles. The van der Waals surface area contributed by atoms with Crippen molar-refractivity contribution >= 4 is 33.3 Å². The van der Waals surface area contributed by atoms with Gasteiger partial charge in [-0.1, -0.05) is 17.7 Å². The van der Waals surface area contributed by atoms with Gasteiger partial charge in [0.25, 0.3) is 10.0 Å².